The molecule has 0 bridgehead atoms. The van der Waals surface area contributed by atoms with Crippen molar-refractivity contribution in [2.45, 2.75) is 18.5 Å². The van der Waals surface area contributed by atoms with Gasteiger partial charge >= 0.3 is 0 Å². The predicted octanol–water partition coefficient (Wildman–Crippen LogP) is 3.87. The molecule has 2 heterocycles. The fraction of sp³-hybridized carbons (Fsp3) is 0.250. The highest BCUT2D eigenvalue weighted by Crippen LogP contribution is 2.17. The quantitative estimate of drug-likeness (QED) is 0.815. The Bertz CT molecular complexity index is 409. The van der Waals surface area contributed by atoms with Gasteiger partial charge in [0.15, 0.2) is 0 Å². The third-order valence-electron chi connectivity index (χ3n) is 2.08. The van der Waals surface area contributed by atoms with E-state index >= 15 is 0 Å². The van der Waals surface area contributed by atoms with Crippen molar-refractivity contribution < 1.29 is 0 Å². The Hall–Kier alpha value is -1.00. The zero-order chi connectivity index (χ0) is 11.2. The lowest BCUT2D eigenvalue weighted by Crippen LogP contribution is -1.97. The predicted molar refractivity (Wildman–Crippen MR) is 72.3 cm³/mol. The van der Waals surface area contributed by atoms with E-state index in [1.54, 1.807) is 23.1 Å². The molecule has 0 saturated carbocycles. The Morgan fingerprint density at radius 1 is 1.38 bits per heavy atom. The van der Waals surface area contributed by atoms with Gasteiger partial charge in [0.05, 0.1) is 16.9 Å². The molecule has 0 aliphatic heterocycles. The van der Waals surface area contributed by atoms with Crippen LogP contribution < -0.4 is 5.32 Å². The number of rotatable bonds is 5. The van der Waals surface area contributed by atoms with E-state index in [0.717, 1.165) is 23.0 Å². The molecular weight excluding hydrogens is 236 g/mol. The minimum absolute atomic E-state index is 0.875. The van der Waals surface area contributed by atoms with Crippen molar-refractivity contribution in [2.75, 3.05) is 11.1 Å². The molecule has 0 aliphatic rings. The zero-order valence-corrected chi connectivity index (χ0v) is 10.8. The summed E-state index contributed by atoms with van der Waals surface area (Å²) in [7, 11) is 0. The first-order valence-corrected chi connectivity index (χ1v) is 7.10. The second kappa shape index (κ2) is 5.92. The molecule has 0 atom stereocenters. The number of thiophene rings is 1. The van der Waals surface area contributed by atoms with E-state index in [1.165, 1.54) is 4.88 Å². The van der Waals surface area contributed by atoms with Gasteiger partial charge in [-0.25, -0.2) is 4.98 Å². The van der Waals surface area contributed by atoms with Crippen LogP contribution in [0.3, 0.4) is 0 Å². The van der Waals surface area contributed by atoms with Gasteiger partial charge in [0, 0.05) is 11.4 Å². The van der Waals surface area contributed by atoms with Crippen LogP contribution in [0.5, 0.6) is 0 Å². The van der Waals surface area contributed by atoms with Gasteiger partial charge in [-0.1, -0.05) is 13.0 Å². The molecule has 0 saturated heterocycles. The second-order valence-corrected chi connectivity index (χ2v) is 5.57. The lowest BCUT2D eigenvalue weighted by atomic mass is 10.4. The number of thioether (sulfide) groups is 1. The molecule has 84 valence electrons. The number of pyridine rings is 1. The number of aromatic nitrogens is 1. The molecule has 0 unspecified atom stereocenters. The number of nitrogens with one attached hydrogen (secondary N) is 1. The number of nitrogens with zero attached hydrogens (tertiary/aromatic N) is 1. The van der Waals surface area contributed by atoms with E-state index < -0.39 is 0 Å². The molecule has 0 fully saturated rings. The summed E-state index contributed by atoms with van der Waals surface area (Å²) < 4.78 is 0. The molecule has 0 aromatic carbocycles. The lowest BCUT2D eigenvalue weighted by Gasteiger charge is -2.04. The normalized spacial score (nSPS) is 10.3. The second-order valence-electron chi connectivity index (χ2n) is 3.25. The van der Waals surface area contributed by atoms with Crippen LogP contribution >= 0.6 is 23.1 Å². The monoisotopic (exact) mass is 250 g/mol. The van der Waals surface area contributed by atoms with Crippen LogP contribution in [-0.2, 0) is 6.54 Å². The molecule has 4 heteroatoms. The van der Waals surface area contributed by atoms with Crippen LogP contribution in [0.1, 0.15) is 11.8 Å². The van der Waals surface area contributed by atoms with E-state index in [0.29, 0.717) is 0 Å². The summed E-state index contributed by atoms with van der Waals surface area (Å²) in [5.41, 5.74) is 1.08. The maximum atomic E-state index is 4.37. The van der Waals surface area contributed by atoms with Crippen LogP contribution in [0.15, 0.2) is 40.9 Å². The molecule has 0 radical (unpaired) electrons. The van der Waals surface area contributed by atoms with Gasteiger partial charge in [0.25, 0.3) is 0 Å². The maximum Gasteiger partial charge on any atom is 0.0961 e. The van der Waals surface area contributed by atoms with Gasteiger partial charge in [-0.2, -0.15) is 0 Å². The highest BCUT2D eigenvalue weighted by molar-refractivity contribution is 7.99. The lowest BCUT2D eigenvalue weighted by molar-refractivity contribution is 1.11. The SMILES string of the molecule is CCSc1ccc(NCc2cccs2)cn1. The third kappa shape index (κ3) is 3.25. The summed E-state index contributed by atoms with van der Waals surface area (Å²) in [5.74, 6) is 1.06. The molecule has 0 aliphatic carbocycles. The van der Waals surface area contributed by atoms with E-state index in [4.69, 9.17) is 0 Å². The fourth-order valence-electron chi connectivity index (χ4n) is 1.32. The van der Waals surface area contributed by atoms with Crippen molar-refractivity contribution in [1.29, 1.82) is 0 Å². The van der Waals surface area contributed by atoms with E-state index in [1.807, 2.05) is 6.20 Å². The summed E-state index contributed by atoms with van der Waals surface area (Å²) >= 11 is 3.53. The minimum Gasteiger partial charge on any atom is -0.379 e. The highest BCUT2D eigenvalue weighted by atomic mass is 32.2. The molecule has 2 aromatic heterocycles. The Labute approximate surface area is 104 Å². The smallest absolute Gasteiger partial charge is 0.0961 e. The maximum absolute atomic E-state index is 4.37. The molecule has 2 aromatic rings. The first kappa shape index (κ1) is 11.5. The first-order chi connectivity index (χ1) is 7.88. The topological polar surface area (TPSA) is 24.9 Å². The number of anilines is 1. The van der Waals surface area contributed by atoms with Crippen molar-refractivity contribution in [2.24, 2.45) is 0 Å². The summed E-state index contributed by atoms with van der Waals surface area (Å²) in [6.07, 6.45) is 1.89. The Balaban J connectivity index is 1.90. The molecule has 2 rings (SSSR count). The highest BCUT2D eigenvalue weighted by Gasteiger charge is 1.96. The summed E-state index contributed by atoms with van der Waals surface area (Å²) in [6.45, 7) is 3.01. The van der Waals surface area contributed by atoms with Gasteiger partial charge < -0.3 is 5.32 Å². The summed E-state index contributed by atoms with van der Waals surface area (Å²) in [6, 6.07) is 8.34. The number of hydrogen-bond acceptors (Lipinski definition) is 4. The average Bonchev–Trinajstić information content (AvgIpc) is 2.82. The van der Waals surface area contributed by atoms with E-state index in [9.17, 15) is 0 Å². The Morgan fingerprint density at radius 3 is 2.94 bits per heavy atom. The van der Waals surface area contributed by atoms with Gasteiger partial charge in [0.1, 0.15) is 0 Å². The first-order valence-electron chi connectivity index (χ1n) is 5.23. The van der Waals surface area contributed by atoms with Crippen molar-refractivity contribution >= 4 is 28.8 Å². The third-order valence-corrected chi connectivity index (χ3v) is 3.78. The minimum atomic E-state index is 0.875. The zero-order valence-electron chi connectivity index (χ0n) is 9.14. The van der Waals surface area contributed by atoms with Crippen LogP contribution in [0, 0.1) is 0 Å². The van der Waals surface area contributed by atoms with Gasteiger partial charge in [-0.3, -0.25) is 0 Å². The molecule has 0 amide bonds. The van der Waals surface area contributed by atoms with E-state index in [-0.39, 0.29) is 0 Å². The van der Waals surface area contributed by atoms with Crippen molar-refractivity contribution in [3.63, 3.8) is 0 Å². The fourth-order valence-corrected chi connectivity index (χ4v) is 2.55. The summed E-state index contributed by atoms with van der Waals surface area (Å²) in [4.78, 5) is 5.71. The molecule has 1 N–H and O–H groups in total. The van der Waals surface area contributed by atoms with Gasteiger partial charge in [-0.15, -0.1) is 23.1 Å². The van der Waals surface area contributed by atoms with Gasteiger partial charge in [-0.05, 0) is 29.3 Å². The molecule has 0 spiro atoms. The van der Waals surface area contributed by atoms with E-state index in [2.05, 4.69) is 46.9 Å². The Morgan fingerprint density at radius 2 is 2.31 bits per heavy atom. The van der Waals surface area contributed by atoms with Crippen LogP contribution in [0.4, 0.5) is 5.69 Å². The molecule has 16 heavy (non-hydrogen) atoms. The molecule has 2 nitrogen and oxygen atoms in total. The van der Waals surface area contributed by atoms with Gasteiger partial charge in [0.2, 0.25) is 0 Å². The summed E-state index contributed by atoms with van der Waals surface area (Å²) in [5, 5.41) is 6.54. The van der Waals surface area contributed by atoms with Crippen LogP contribution in [-0.4, -0.2) is 10.7 Å². The Kier molecular flexibility index (Phi) is 4.25. The van der Waals surface area contributed by atoms with Crippen molar-refractivity contribution in [3.8, 4) is 0 Å². The van der Waals surface area contributed by atoms with Crippen LogP contribution in [0.2, 0.25) is 0 Å². The average molecular weight is 250 g/mol. The number of hydrogen-bond donors (Lipinski definition) is 1. The van der Waals surface area contributed by atoms with Crippen LogP contribution in [0.25, 0.3) is 0 Å². The van der Waals surface area contributed by atoms with Crippen molar-refractivity contribution in [1.82, 2.24) is 4.98 Å². The largest absolute Gasteiger partial charge is 0.379 e. The molecular formula is C12H14N2S2. The standard InChI is InChI=1S/C12H14N2S2/c1-2-15-12-6-5-10(8-14-12)13-9-11-4-3-7-16-11/h3-8,13H,2,9H2,1H3. The van der Waals surface area contributed by atoms with Crippen molar-refractivity contribution in [3.05, 3.63) is 40.7 Å².